The van der Waals surface area contributed by atoms with Crippen molar-refractivity contribution in [3.63, 3.8) is 0 Å². The first-order valence-electron chi connectivity index (χ1n) is 11.0. The van der Waals surface area contributed by atoms with Crippen LogP contribution in [-0.4, -0.2) is 63.9 Å². The van der Waals surface area contributed by atoms with Crippen LogP contribution in [0.3, 0.4) is 0 Å². The highest BCUT2D eigenvalue weighted by atomic mass is 35.5. The smallest absolute Gasteiger partial charge is 0.231 e. The van der Waals surface area contributed by atoms with E-state index in [4.69, 9.17) is 11.6 Å². The van der Waals surface area contributed by atoms with Gasteiger partial charge < -0.3 is 4.90 Å². The zero-order valence-electron chi connectivity index (χ0n) is 18.0. The molecule has 1 aliphatic carbocycles. The molecule has 8 heteroatoms. The quantitative estimate of drug-likeness (QED) is 0.494. The highest BCUT2D eigenvalue weighted by Gasteiger charge is 2.29. The number of hydrazone groups is 1. The van der Waals surface area contributed by atoms with Crippen molar-refractivity contribution in [2.75, 3.05) is 32.7 Å². The number of rotatable bonds is 5. The van der Waals surface area contributed by atoms with Crippen LogP contribution in [0.2, 0.25) is 0 Å². The fourth-order valence-electron chi connectivity index (χ4n) is 3.96. The van der Waals surface area contributed by atoms with E-state index in [-0.39, 0.29) is 0 Å². The van der Waals surface area contributed by atoms with Gasteiger partial charge in [-0.15, -0.1) is 4.40 Å². The molecule has 0 N–H and O–H groups in total. The highest BCUT2D eigenvalue weighted by molar-refractivity contribution is 7.88. The van der Waals surface area contributed by atoms with E-state index in [0.717, 1.165) is 58.5 Å². The van der Waals surface area contributed by atoms with Gasteiger partial charge >= 0.3 is 0 Å². The summed E-state index contributed by atoms with van der Waals surface area (Å²) in [4.78, 5) is 5.28. The third-order valence-corrected chi connectivity index (χ3v) is 7.50. The summed E-state index contributed by atoms with van der Waals surface area (Å²) in [5.74, 6) is 1.09. The summed E-state index contributed by atoms with van der Waals surface area (Å²) in [5, 5.41) is 7.15. The standard InChI is InChI=1S/C23H30ClN5OS/c1-2-19-16-25-29(18-19)23(26-31(30)22-11-7-6-10-21(22)24)28-14-12-27(13-15-28)17-20-8-4-3-5-9-20/h3-5,7-9,11,16,19H,2,6,10,12-15,17-18H2,1H3/b26-23+. The van der Waals surface area contributed by atoms with Gasteiger partial charge in [0, 0.05) is 49.9 Å². The van der Waals surface area contributed by atoms with Crippen LogP contribution in [0, 0.1) is 5.92 Å². The zero-order valence-corrected chi connectivity index (χ0v) is 19.6. The van der Waals surface area contributed by atoms with Gasteiger partial charge in [0.15, 0.2) is 11.0 Å². The Labute approximate surface area is 192 Å². The molecule has 0 aromatic heterocycles. The van der Waals surface area contributed by atoms with Crippen LogP contribution in [0.4, 0.5) is 0 Å². The van der Waals surface area contributed by atoms with Crippen LogP contribution in [0.1, 0.15) is 31.7 Å². The maximum Gasteiger partial charge on any atom is 0.231 e. The van der Waals surface area contributed by atoms with E-state index in [1.807, 2.05) is 29.4 Å². The monoisotopic (exact) mass is 459 g/mol. The van der Waals surface area contributed by atoms with Gasteiger partial charge in [-0.05, 0) is 30.9 Å². The van der Waals surface area contributed by atoms with Crippen molar-refractivity contribution >= 4 is 34.8 Å². The first-order valence-corrected chi connectivity index (χ1v) is 12.5. The van der Waals surface area contributed by atoms with E-state index in [1.165, 1.54) is 5.56 Å². The molecule has 1 fully saturated rings. The SMILES string of the molecule is CCC1C=NN(/C(=N/S(=O)C2=C(Cl)CCC=C2)N2CCN(Cc3ccccc3)CC2)C1. The molecule has 0 spiro atoms. The van der Waals surface area contributed by atoms with Crippen molar-refractivity contribution in [2.24, 2.45) is 15.4 Å². The summed E-state index contributed by atoms with van der Waals surface area (Å²) >= 11 is 6.35. The molecule has 1 aromatic carbocycles. The van der Waals surface area contributed by atoms with E-state index in [1.54, 1.807) is 0 Å². The lowest BCUT2D eigenvalue weighted by atomic mass is 10.1. The van der Waals surface area contributed by atoms with Crippen molar-refractivity contribution < 1.29 is 4.21 Å². The molecule has 166 valence electrons. The van der Waals surface area contributed by atoms with E-state index < -0.39 is 11.0 Å². The molecule has 2 atom stereocenters. The van der Waals surface area contributed by atoms with Crippen LogP contribution in [0.15, 0.2) is 61.9 Å². The van der Waals surface area contributed by atoms with Gasteiger partial charge in [0.2, 0.25) is 5.96 Å². The Kier molecular flexibility index (Phi) is 7.58. The summed E-state index contributed by atoms with van der Waals surface area (Å²) < 4.78 is 17.7. The second-order valence-electron chi connectivity index (χ2n) is 8.11. The summed E-state index contributed by atoms with van der Waals surface area (Å²) in [6.45, 7) is 7.40. The van der Waals surface area contributed by atoms with Crippen LogP contribution in [0.5, 0.6) is 0 Å². The lowest BCUT2D eigenvalue weighted by Gasteiger charge is -2.38. The third kappa shape index (κ3) is 5.64. The van der Waals surface area contributed by atoms with Crippen LogP contribution in [0.25, 0.3) is 0 Å². The molecule has 1 aromatic rings. The minimum absolute atomic E-state index is 0.399. The van der Waals surface area contributed by atoms with Gasteiger partial charge in [-0.1, -0.05) is 54.9 Å². The summed E-state index contributed by atoms with van der Waals surface area (Å²) in [6.07, 6.45) is 8.48. The van der Waals surface area contributed by atoms with Crippen LogP contribution in [-0.2, 0) is 17.5 Å². The fraction of sp³-hybridized carbons (Fsp3) is 0.478. The largest absolute Gasteiger partial charge is 0.338 e. The number of halogens is 1. The van der Waals surface area contributed by atoms with E-state index in [9.17, 15) is 4.21 Å². The Hall–Kier alpha value is -1.96. The average Bonchev–Trinajstić information content (AvgIpc) is 3.28. The van der Waals surface area contributed by atoms with Gasteiger partial charge in [-0.2, -0.15) is 5.10 Å². The van der Waals surface area contributed by atoms with Crippen LogP contribution < -0.4 is 0 Å². The molecule has 3 aliphatic rings. The molecule has 2 aliphatic heterocycles. The Bertz CT molecular complexity index is 906. The molecular weight excluding hydrogens is 430 g/mol. The van der Waals surface area contributed by atoms with E-state index in [0.29, 0.717) is 21.8 Å². The molecular formula is C23H30ClN5OS. The number of hydrogen-bond donors (Lipinski definition) is 0. The molecule has 0 saturated carbocycles. The zero-order chi connectivity index (χ0) is 21.6. The second-order valence-corrected chi connectivity index (χ2v) is 9.69. The second kappa shape index (κ2) is 10.6. The lowest BCUT2D eigenvalue weighted by molar-refractivity contribution is 0.163. The van der Waals surface area contributed by atoms with Gasteiger partial charge in [-0.3, -0.25) is 4.90 Å². The molecule has 2 unspecified atom stereocenters. The van der Waals surface area contributed by atoms with Gasteiger partial charge in [0.1, 0.15) is 0 Å². The first kappa shape index (κ1) is 22.2. The predicted molar refractivity (Wildman–Crippen MR) is 129 cm³/mol. The normalized spacial score (nSPS) is 23.7. The Balaban J connectivity index is 1.48. The molecule has 4 rings (SSSR count). The Morgan fingerprint density at radius 1 is 1.23 bits per heavy atom. The lowest BCUT2D eigenvalue weighted by Crippen LogP contribution is -2.52. The summed E-state index contributed by atoms with van der Waals surface area (Å²) in [6, 6.07) is 10.6. The molecule has 0 radical (unpaired) electrons. The van der Waals surface area contributed by atoms with Crippen molar-refractivity contribution in [3.8, 4) is 0 Å². The Morgan fingerprint density at radius 2 is 2.00 bits per heavy atom. The first-order chi connectivity index (χ1) is 15.1. The molecule has 0 bridgehead atoms. The maximum absolute atomic E-state index is 13.1. The van der Waals surface area contributed by atoms with E-state index >= 15 is 0 Å². The molecule has 0 amide bonds. The van der Waals surface area contributed by atoms with Crippen LogP contribution >= 0.6 is 11.6 Å². The number of hydrogen-bond acceptors (Lipinski definition) is 3. The van der Waals surface area contributed by atoms with Crippen molar-refractivity contribution in [2.45, 2.75) is 32.7 Å². The number of piperazine rings is 1. The van der Waals surface area contributed by atoms with Gasteiger partial charge in [0.05, 0.1) is 11.4 Å². The third-order valence-electron chi connectivity index (χ3n) is 5.90. The minimum atomic E-state index is -1.54. The fourth-order valence-corrected chi connectivity index (χ4v) is 5.30. The Morgan fingerprint density at radius 3 is 2.68 bits per heavy atom. The topological polar surface area (TPSA) is 51.5 Å². The number of guanidine groups is 1. The van der Waals surface area contributed by atoms with E-state index in [2.05, 4.69) is 50.5 Å². The minimum Gasteiger partial charge on any atom is -0.338 e. The van der Waals surface area contributed by atoms with Gasteiger partial charge in [-0.25, -0.2) is 9.22 Å². The summed E-state index contributed by atoms with van der Waals surface area (Å²) in [7, 11) is -1.54. The van der Waals surface area contributed by atoms with Crippen molar-refractivity contribution in [1.29, 1.82) is 0 Å². The average molecular weight is 460 g/mol. The number of benzene rings is 1. The van der Waals surface area contributed by atoms with Gasteiger partial charge in [0.25, 0.3) is 0 Å². The number of allylic oxidation sites excluding steroid dienone is 3. The van der Waals surface area contributed by atoms with Crippen molar-refractivity contribution in [3.05, 3.63) is 58.0 Å². The summed E-state index contributed by atoms with van der Waals surface area (Å²) in [5.41, 5.74) is 1.33. The molecule has 1 saturated heterocycles. The number of nitrogens with zero attached hydrogens (tertiary/aromatic N) is 5. The van der Waals surface area contributed by atoms with Crippen molar-refractivity contribution in [1.82, 2.24) is 14.8 Å². The predicted octanol–water partition coefficient (Wildman–Crippen LogP) is 3.95. The maximum atomic E-state index is 13.1. The molecule has 31 heavy (non-hydrogen) atoms. The molecule has 6 nitrogen and oxygen atoms in total. The molecule has 2 heterocycles. The highest BCUT2D eigenvalue weighted by Crippen LogP contribution is 2.26.